The van der Waals surface area contributed by atoms with Crippen molar-refractivity contribution < 1.29 is 17.6 Å². The van der Waals surface area contributed by atoms with Gasteiger partial charge in [-0.3, -0.25) is 0 Å². The number of alkyl halides is 3. The summed E-state index contributed by atoms with van der Waals surface area (Å²) in [6.45, 7) is 1.69. The maximum atomic E-state index is 13.1. The molecule has 0 saturated carbocycles. The van der Waals surface area contributed by atoms with Gasteiger partial charge in [0.2, 0.25) is 0 Å². The zero-order valence-electron chi connectivity index (χ0n) is 10.9. The Bertz CT molecular complexity index is 643. The Balaban J connectivity index is 2.25. The highest BCUT2D eigenvalue weighted by molar-refractivity contribution is 6.29. The summed E-state index contributed by atoms with van der Waals surface area (Å²) in [7, 11) is 0. The molecule has 0 amide bonds. The molecule has 2 rings (SSSR count). The van der Waals surface area contributed by atoms with Crippen molar-refractivity contribution in [2.24, 2.45) is 0 Å². The van der Waals surface area contributed by atoms with Crippen molar-refractivity contribution in [2.75, 3.05) is 5.32 Å². The molecule has 0 aliphatic rings. The summed E-state index contributed by atoms with van der Waals surface area (Å²) in [6, 6.07) is 6.96. The molecule has 1 unspecified atom stereocenters. The Hall–Kier alpha value is -1.82. The van der Waals surface area contributed by atoms with Crippen LogP contribution in [0, 0.1) is 5.82 Å². The van der Waals surface area contributed by atoms with Crippen molar-refractivity contribution in [2.45, 2.75) is 19.1 Å². The van der Waals surface area contributed by atoms with Crippen LogP contribution in [0.3, 0.4) is 0 Å². The van der Waals surface area contributed by atoms with E-state index < -0.39 is 23.6 Å². The fourth-order valence-corrected chi connectivity index (χ4v) is 2.02. The summed E-state index contributed by atoms with van der Waals surface area (Å²) in [6.07, 6.45) is -4.51. The SMILES string of the molecule is CC(Nc1cc(C(F)(F)F)cc(Cl)n1)c1cccc(F)c1. The minimum Gasteiger partial charge on any atom is -0.363 e. The Morgan fingerprint density at radius 2 is 1.90 bits per heavy atom. The van der Waals surface area contributed by atoms with Gasteiger partial charge in [-0.25, -0.2) is 9.37 Å². The predicted molar refractivity (Wildman–Crippen MR) is 72.7 cm³/mol. The van der Waals surface area contributed by atoms with Crippen LogP contribution in [0.4, 0.5) is 23.4 Å². The van der Waals surface area contributed by atoms with Gasteiger partial charge in [0.05, 0.1) is 11.6 Å². The number of nitrogens with zero attached hydrogens (tertiary/aromatic N) is 1. The summed E-state index contributed by atoms with van der Waals surface area (Å²) < 4.78 is 51.2. The summed E-state index contributed by atoms with van der Waals surface area (Å²) in [5, 5.41) is 2.51. The van der Waals surface area contributed by atoms with E-state index in [1.54, 1.807) is 13.0 Å². The average Bonchev–Trinajstić information content (AvgIpc) is 2.37. The lowest BCUT2D eigenvalue weighted by Gasteiger charge is -2.16. The zero-order valence-corrected chi connectivity index (χ0v) is 11.6. The lowest BCUT2D eigenvalue weighted by Crippen LogP contribution is -2.11. The molecule has 2 aromatic rings. The van der Waals surface area contributed by atoms with E-state index in [9.17, 15) is 17.6 Å². The van der Waals surface area contributed by atoms with Crippen molar-refractivity contribution >= 4 is 17.4 Å². The summed E-state index contributed by atoms with van der Waals surface area (Å²) in [4.78, 5) is 3.80. The maximum absolute atomic E-state index is 13.1. The molecule has 0 fully saturated rings. The summed E-state index contributed by atoms with van der Waals surface area (Å²) in [5.41, 5.74) is -0.304. The van der Waals surface area contributed by atoms with E-state index in [4.69, 9.17) is 11.6 Å². The highest BCUT2D eigenvalue weighted by Gasteiger charge is 2.31. The average molecular weight is 319 g/mol. The van der Waals surface area contributed by atoms with E-state index in [-0.39, 0.29) is 11.0 Å². The van der Waals surface area contributed by atoms with Crippen LogP contribution in [-0.4, -0.2) is 4.98 Å². The molecule has 112 valence electrons. The van der Waals surface area contributed by atoms with Gasteiger partial charge in [0, 0.05) is 0 Å². The Morgan fingerprint density at radius 3 is 2.52 bits per heavy atom. The van der Waals surface area contributed by atoms with Gasteiger partial charge < -0.3 is 5.32 Å². The minimum absolute atomic E-state index is 0.0217. The first kappa shape index (κ1) is 15.6. The standard InChI is InChI=1S/C14H11ClF4N2/c1-8(9-3-2-4-11(16)5-9)20-13-7-10(14(17,18)19)6-12(15)21-13/h2-8H,1H3,(H,20,21). The van der Waals surface area contributed by atoms with Gasteiger partial charge in [0.25, 0.3) is 0 Å². The quantitative estimate of drug-likeness (QED) is 0.631. The second kappa shape index (κ2) is 5.89. The van der Waals surface area contributed by atoms with Crippen molar-refractivity contribution in [1.29, 1.82) is 0 Å². The second-order valence-corrected chi connectivity index (χ2v) is 4.87. The molecular weight excluding hydrogens is 308 g/mol. The third kappa shape index (κ3) is 4.07. The van der Waals surface area contributed by atoms with Gasteiger partial charge in [0.15, 0.2) is 0 Å². The van der Waals surface area contributed by atoms with Crippen molar-refractivity contribution in [3.8, 4) is 0 Å². The molecule has 0 radical (unpaired) electrons. The van der Waals surface area contributed by atoms with Crippen molar-refractivity contribution in [1.82, 2.24) is 4.98 Å². The molecule has 0 saturated heterocycles. The summed E-state index contributed by atoms with van der Waals surface area (Å²) >= 11 is 5.60. The molecule has 21 heavy (non-hydrogen) atoms. The molecule has 2 nitrogen and oxygen atoms in total. The molecule has 1 aromatic heterocycles. The number of aromatic nitrogens is 1. The zero-order chi connectivity index (χ0) is 15.6. The van der Waals surface area contributed by atoms with Gasteiger partial charge in [-0.2, -0.15) is 13.2 Å². The van der Waals surface area contributed by atoms with E-state index in [0.29, 0.717) is 5.56 Å². The molecule has 1 N–H and O–H groups in total. The lowest BCUT2D eigenvalue weighted by molar-refractivity contribution is -0.137. The molecule has 0 aliphatic heterocycles. The van der Waals surface area contributed by atoms with Crippen molar-refractivity contribution in [3.63, 3.8) is 0 Å². The van der Waals surface area contributed by atoms with Gasteiger partial charge in [-0.15, -0.1) is 0 Å². The molecule has 1 heterocycles. The molecule has 1 atom stereocenters. The number of hydrogen-bond donors (Lipinski definition) is 1. The molecule has 0 spiro atoms. The largest absolute Gasteiger partial charge is 0.416 e. The van der Waals surface area contributed by atoms with Crippen molar-refractivity contribution in [3.05, 3.63) is 58.5 Å². The van der Waals surface area contributed by atoms with E-state index >= 15 is 0 Å². The van der Waals surface area contributed by atoms with Crippen LogP contribution >= 0.6 is 11.6 Å². The number of pyridine rings is 1. The third-order valence-corrected chi connectivity index (χ3v) is 3.03. The van der Waals surface area contributed by atoms with Gasteiger partial charge in [0.1, 0.15) is 16.8 Å². The normalized spacial score (nSPS) is 13.0. The Labute approximate surface area is 123 Å². The molecule has 0 bridgehead atoms. The fourth-order valence-electron chi connectivity index (χ4n) is 1.82. The van der Waals surface area contributed by atoms with Crippen LogP contribution < -0.4 is 5.32 Å². The first-order valence-electron chi connectivity index (χ1n) is 6.02. The minimum atomic E-state index is -4.51. The third-order valence-electron chi connectivity index (χ3n) is 2.83. The first-order valence-corrected chi connectivity index (χ1v) is 6.40. The predicted octanol–water partition coefficient (Wildman–Crippen LogP) is 5.07. The Morgan fingerprint density at radius 1 is 1.19 bits per heavy atom. The molecule has 7 heteroatoms. The van der Waals surface area contributed by atoms with E-state index in [0.717, 1.165) is 12.1 Å². The fraction of sp³-hybridized carbons (Fsp3) is 0.214. The van der Waals surface area contributed by atoms with Crippen LogP contribution in [0.5, 0.6) is 0 Å². The van der Waals surface area contributed by atoms with E-state index in [1.165, 1.54) is 18.2 Å². The summed E-state index contributed by atoms with van der Waals surface area (Å²) in [5.74, 6) is -0.442. The number of benzene rings is 1. The van der Waals surface area contributed by atoms with Crippen LogP contribution in [0.25, 0.3) is 0 Å². The molecular formula is C14H11ClF4N2. The van der Waals surface area contributed by atoms with Gasteiger partial charge >= 0.3 is 6.18 Å². The topological polar surface area (TPSA) is 24.9 Å². The highest BCUT2D eigenvalue weighted by Crippen LogP contribution is 2.32. The molecule has 1 aromatic carbocycles. The van der Waals surface area contributed by atoms with E-state index in [2.05, 4.69) is 10.3 Å². The number of halogens is 5. The number of nitrogens with one attached hydrogen (secondary N) is 1. The lowest BCUT2D eigenvalue weighted by atomic mass is 10.1. The van der Waals surface area contributed by atoms with Crippen LogP contribution in [-0.2, 0) is 6.18 Å². The monoisotopic (exact) mass is 318 g/mol. The highest BCUT2D eigenvalue weighted by atomic mass is 35.5. The maximum Gasteiger partial charge on any atom is 0.416 e. The molecule has 0 aliphatic carbocycles. The first-order chi connectivity index (χ1) is 9.75. The Kier molecular flexibility index (Phi) is 4.37. The number of hydrogen-bond acceptors (Lipinski definition) is 2. The number of anilines is 1. The second-order valence-electron chi connectivity index (χ2n) is 4.48. The van der Waals surface area contributed by atoms with E-state index in [1.807, 2.05) is 0 Å². The van der Waals surface area contributed by atoms with Crippen LogP contribution in [0.2, 0.25) is 5.15 Å². The van der Waals surface area contributed by atoms with Gasteiger partial charge in [-0.1, -0.05) is 23.7 Å². The van der Waals surface area contributed by atoms with Crippen LogP contribution in [0.15, 0.2) is 36.4 Å². The van der Waals surface area contributed by atoms with Crippen LogP contribution in [0.1, 0.15) is 24.1 Å². The smallest absolute Gasteiger partial charge is 0.363 e. The number of rotatable bonds is 3. The van der Waals surface area contributed by atoms with Gasteiger partial charge in [-0.05, 0) is 36.8 Å².